The zero-order valence-corrected chi connectivity index (χ0v) is 19.7. The third-order valence-corrected chi connectivity index (χ3v) is 5.93. The fourth-order valence-corrected chi connectivity index (χ4v) is 4.09. The first-order valence-electron chi connectivity index (χ1n) is 10.9. The highest BCUT2D eigenvalue weighted by Crippen LogP contribution is 2.37. The molecular weight excluding hydrogens is 470 g/mol. The van der Waals surface area contributed by atoms with Crippen LogP contribution in [0, 0.1) is 18.3 Å². The number of aromatic hydroxyl groups is 1. The summed E-state index contributed by atoms with van der Waals surface area (Å²) in [5, 5.41) is 28.3. The number of unbranched alkanes of at least 4 members (excludes halogenated alkanes) is 1. The van der Waals surface area contributed by atoms with Crippen molar-refractivity contribution < 1.29 is 14.7 Å². The lowest BCUT2D eigenvalue weighted by atomic mass is 9.83. The summed E-state index contributed by atoms with van der Waals surface area (Å²) < 4.78 is 0.855. The van der Waals surface area contributed by atoms with Crippen molar-refractivity contribution in [2.45, 2.75) is 26.7 Å². The molecule has 2 aromatic carbocycles. The largest absolute Gasteiger partial charge is 0.492 e. The monoisotopic (exact) mass is 489 g/mol. The van der Waals surface area contributed by atoms with Crippen LogP contribution in [0.3, 0.4) is 0 Å². The number of benzene rings is 2. The Morgan fingerprint density at radius 3 is 2.43 bits per heavy atom. The van der Waals surface area contributed by atoms with E-state index in [2.05, 4.69) is 15.7 Å². The van der Waals surface area contributed by atoms with Crippen LogP contribution in [0.25, 0.3) is 0 Å². The molecule has 0 fully saturated rings. The molecule has 9 nitrogen and oxygen atoms in total. The number of nitrogens with zero attached hydrogens (tertiary/aromatic N) is 4. The van der Waals surface area contributed by atoms with Gasteiger partial charge in [0.2, 0.25) is 5.88 Å². The van der Waals surface area contributed by atoms with Crippen molar-refractivity contribution >= 4 is 34.5 Å². The van der Waals surface area contributed by atoms with Gasteiger partial charge in [0.05, 0.1) is 11.3 Å². The van der Waals surface area contributed by atoms with Crippen LogP contribution in [0.15, 0.2) is 51.4 Å². The summed E-state index contributed by atoms with van der Waals surface area (Å²) in [6, 6.07) is 11.1. The van der Waals surface area contributed by atoms with Crippen molar-refractivity contribution in [3.05, 3.63) is 85.2 Å². The fourth-order valence-electron chi connectivity index (χ4n) is 3.88. The Kier molecular flexibility index (Phi) is 6.49. The number of azo groups is 1. The van der Waals surface area contributed by atoms with E-state index in [-0.39, 0.29) is 55.6 Å². The van der Waals surface area contributed by atoms with Crippen molar-refractivity contribution in [3.63, 3.8) is 0 Å². The van der Waals surface area contributed by atoms with E-state index >= 15 is 0 Å². The van der Waals surface area contributed by atoms with Gasteiger partial charge in [0.1, 0.15) is 11.6 Å². The van der Waals surface area contributed by atoms with Crippen LogP contribution in [0.2, 0.25) is 5.02 Å². The maximum absolute atomic E-state index is 13.2. The highest BCUT2D eigenvalue weighted by atomic mass is 35.5. The third-order valence-electron chi connectivity index (χ3n) is 5.71. The second-order valence-electron chi connectivity index (χ2n) is 7.94. The standard InChI is InChI=1S/C25H20ClN5O4/c1-3-4-9-28-31-24(34)18(12-27)13(2)21(25(31)35)30-29-19-11-14(26)10-17-20(19)23(33)16-8-6-5-7-15(16)22(17)32/h5-8,10-11,28,34H,3-4,9H2,1-2H3. The molecule has 35 heavy (non-hydrogen) atoms. The summed E-state index contributed by atoms with van der Waals surface area (Å²) in [4.78, 5) is 39.3. The molecule has 0 aliphatic heterocycles. The van der Waals surface area contributed by atoms with E-state index in [0.29, 0.717) is 6.54 Å². The number of hydrogen-bond acceptors (Lipinski definition) is 8. The van der Waals surface area contributed by atoms with Crippen LogP contribution in [0.4, 0.5) is 11.4 Å². The second kappa shape index (κ2) is 9.52. The Morgan fingerprint density at radius 1 is 1.09 bits per heavy atom. The molecule has 1 heterocycles. The normalized spacial score (nSPS) is 12.4. The van der Waals surface area contributed by atoms with Crippen LogP contribution < -0.4 is 11.0 Å². The zero-order valence-electron chi connectivity index (χ0n) is 18.9. The number of rotatable bonds is 6. The van der Waals surface area contributed by atoms with Gasteiger partial charge in [-0.15, -0.1) is 10.2 Å². The molecule has 3 aromatic rings. The Bertz CT molecular complexity index is 1520. The van der Waals surface area contributed by atoms with Crippen molar-refractivity contribution in [1.29, 1.82) is 5.26 Å². The van der Waals surface area contributed by atoms with Crippen LogP contribution in [-0.2, 0) is 0 Å². The smallest absolute Gasteiger partial charge is 0.300 e. The summed E-state index contributed by atoms with van der Waals surface area (Å²) in [7, 11) is 0. The molecule has 0 amide bonds. The van der Waals surface area contributed by atoms with Gasteiger partial charge in [0.15, 0.2) is 17.3 Å². The summed E-state index contributed by atoms with van der Waals surface area (Å²) in [6.45, 7) is 3.81. The zero-order chi connectivity index (χ0) is 25.3. The number of ketones is 2. The summed E-state index contributed by atoms with van der Waals surface area (Å²) in [5.41, 5.74) is 2.48. The maximum atomic E-state index is 13.2. The lowest BCUT2D eigenvalue weighted by Gasteiger charge is -2.18. The lowest BCUT2D eigenvalue weighted by molar-refractivity contribution is 0.0979. The van der Waals surface area contributed by atoms with E-state index in [4.69, 9.17) is 11.6 Å². The predicted molar refractivity (Wildman–Crippen MR) is 130 cm³/mol. The van der Waals surface area contributed by atoms with Gasteiger partial charge in [-0.1, -0.05) is 49.2 Å². The Labute approximate surface area is 205 Å². The van der Waals surface area contributed by atoms with E-state index in [1.807, 2.05) is 13.0 Å². The highest BCUT2D eigenvalue weighted by molar-refractivity contribution is 6.34. The molecule has 0 unspecified atom stereocenters. The quantitative estimate of drug-likeness (QED) is 0.291. The average Bonchev–Trinajstić information content (AvgIpc) is 2.84. The van der Waals surface area contributed by atoms with Gasteiger partial charge in [0, 0.05) is 33.8 Å². The predicted octanol–water partition coefficient (Wildman–Crippen LogP) is 4.92. The molecule has 0 bridgehead atoms. The lowest BCUT2D eigenvalue weighted by Crippen LogP contribution is -2.30. The Hall–Kier alpha value is -4.29. The van der Waals surface area contributed by atoms with Crippen LogP contribution in [0.1, 0.15) is 62.7 Å². The van der Waals surface area contributed by atoms with Gasteiger partial charge in [-0.25, -0.2) is 0 Å². The topological polar surface area (TPSA) is 137 Å². The number of carbonyl (C=O) groups is 2. The van der Waals surface area contributed by atoms with Gasteiger partial charge in [0.25, 0.3) is 5.56 Å². The third kappa shape index (κ3) is 4.09. The number of hydrogen-bond donors (Lipinski definition) is 2. The molecule has 1 aliphatic rings. The number of carbonyl (C=O) groups excluding carboxylic acids is 2. The highest BCUT2D eigenvalue weighted by Gasteiger charge is 2.32. The van der Waals surface area contributed by atoms with E-state index < -0.39 is 17.2 Å². The molecule has 0 saturated heterocycles. The van der Waals surface area contributed by atoms with Crippen molar-refractivity contribution in [2.75, 3.05) is 12.0 Å². The molecule has 2 N–H and O–H groups in total. The van der Waals surface area contributed by atoms with Crippen molar-refractivity contribution in [3.8, 4) is 11.9 Å². The molecule has 0 spiro atoms. The molecule has 1 aromatic heterocycles. The number of aromatic nitrogens is 1. The van der Waals surface area contributed by atoms with E-state index in [0.717, 1.165) is 17.5 Å². The van der Waals surface area contributed by atoms with E-state index in [9.17, 15) is 24.8 Å². The first kappa shape index (κ1) is 23.9. The summed E-state index contributed by atoms with van der Waals surface area (Å²) in [5.74, 6) is -1.31. The van der Waals surface area contributed by atoms with Gasteiger partial charge >= 0.3 is 0 Å². The SMILES string of the molecule is CCCCNn1c(O)c(C#N)c(C)c(N=Nc2cc(Cl)cc3c2C(=O)c2ccccc2C3=O)c1=O. The minimum atomic E-state index is -0.720. The molecule has 4 rings (SSSR count). The Morgan fingerprint density at radius 2 is 1.77 bits per heavy atom. The minimum absolute atomic E-state index is 0.0104. The molecule has 0 atom stereocenters. The minimum Gasteiger partial charge on any atom is -0.492 e. The van der Waals surface area contributed by atoms with E-state index in [1.54, 1.807) is 24.3 Å². The average molecular weight is 490 g/mol. The van der Waals surface area contributed by atoms with Gasteiger partial charge in [-0.2, -0.15) is 9.94 Å². The van der Waals surface area contributed by atoms with Crippen LogP contribution in [-0.4, -0.2) is 27.9 Å². The van der Waals surface area contributed by atoms with Gasteiger partial charge in [-0.3, -0.25) is 14.4 Å². The maximum Gasteiger partial charge on any atom is 0.300 e. The molecule has 1 aliphatic carbocycles. The first-order valence-corrected chi connectivity index (χ1v) is 11.2. The van der Waals surface area contributed by atoms with E-state index in [1.165, 1.54) is 19.1 Å². The fraction of sp³-hybridized carbons (Fsp3) is 0.200. The molecule has 0 radical (unpaired) electrons. The van der Waals surface area contributed by atoms with Crippen LogP contribution >= 0.6 is 11.6 Å². The number of halogens is 1. The number of pyridine rings is 1. The number of fused-ring (bicyclic) bond motifs is 2. The Balaban J connectivity index is 1.86. The number of nitrogens with one attached hydrogen (secondary N) is 1. The summed E-state index contributed by atoms with van der Waals surface area (Å²) >= 11 is 6.21. The number of nitriles is 1. The molecule has 10 heteroatoms. The second-order valence-corrected chi connectivity index (χ2v) is 8.37. The summed E-state index contributed by atoms with van der Waals surface area (Å²) in [6.07, 6.45) is 1.58. The van der Waals surface area contributed by atoms with Gasteiger partial charge in [-0.05, 0) is 25.5 Å². The molecule has 0 saturated carbocycles. The first-order chi connectivity index (χ1) is 16.8. The molecule has 176 valence electrons. The van der Waals surface area contributed by atoms with Crippen LogP contribution in [0.5, 0.6) is 5.88 Å². The van der Waals surface area contributed by atoms with Crippen molar-refractivity contribution in [1.82, 2.24) is 4.68 Å². The molecular formula is C25H20ClN5O4. The van der Waals surface area contributed by atoms with Crippen molar-refractivity contribution in [2.24, 2.45) is 10.2 Å². The van der Waals surface area contributed by atoms with Gasteiger partial charge < -0.3 is 10.5 Å².